The molecule has 0 fully saturated rings. The largest absolute Gasteiger partial charge is 0.497 e. The predicted octanol–water partition coefficient (Wildman–Crippen LogP) is 3.54. The van der Waals surface area contributed by atoms with Gasteiger partial charge in [-0.1, -0.05) is 12.1 Å². The molecule has 0 radical (unpaired) electrons. The first-order valence-electron chi connectivity index (χ1n) is 7.97. The maximum atomic E-state index is 5.54. The van der Waals surface area contributed by atoms with Gasteiger partial charge in [-0.15, -0.1) is 0 Å². The normalized spacial score (nSPS) is 17.5. The molecule has 2 aromatic rings. The molecule has 0 saturated heterocycles. The van der Waals surface area contributed by atoms with E-state index in [0.717, 1.165) is 42.9 Å². The fourth-order valence-corrected chi connectivity index (χ4v) is 3.13. The molecule has 4 nitrogen and oxygen atoms in total. The number of methoxy groups -OCH3 is 2. The van der Waals surface area contributed by atoms with Gasteiger partial charge in [-0.2, -0.15) is 0 Å². The molecule has 0 amide bonds. The molecule has 0 N–H and O–H groups in total. The number of aromatic nitrogens is 1. The van der Waals surface area contributed by atoms with Crippen molar-refractivity contribution in [2.24, 2.45) is 10.9 Å². The maximum Gasteiger partial charge on any atom is 0.125 e. The minimum Gasteiger partial charge on any atom is -0.497 e. The van der Waals surface area contributed by atoms with Gasteiger partial charge in [-0.05, 0) is 37.0 Å². The topological polar surface area (TPSA) is 43.7 Å². The molecule has 1 aromatic carbocycles. The summed E-state index contributed by atoms with van der Waals surface area (Å²) in [6.45, 7) is 0.903. The first-order valence-corrected chi connectivity index (χ1v) is 7.97. The van der Waals surface area contributed by atoms with Crippen molar-refractivity contribution >= 4 is 5.71 Å². The lowest BCUT2D eigenvalue weighted by molar-refractivity contribution is 0.389. The minimum atomic E-state index is 0.398. The predicted molar refractivity (Wildman–Crippen MR) is 91.6 cm³/mol. The van der Waals surface area contributed by atoms with E-state index in [1.165, 1.54) is 11.3 Å². The molecule has 120 valence electrons. The number of ether oxygens (including phenoxy) is 2. The molecule has 1 aliphatic rings. The fourth-order valence-electron chi connectivity index (χ4n) is 3.13. The van der Waals surface area contributed by atoms with Crippen molar-refractivity contribution in [2.75, 3.05) is 20.8 Å². The van der Waals surface area contributed by atoms with Crippen LogP contribution in [0.5, 0.6) is 11.5 Å². The van der Waals surface area contributed by atoms with Gasteiger partial charge in [0.2, 0.25) is 0 Å². The van der Waals surface area contributed by atoms with Crippen molar-refractivity contribution in [1.29, 1.82) is 0 Å². The van der Waals surface area contributed by atoms with Crippen LogP contribution in [0.3, 0.4) is 0 Å². The number of rotatable bonds is 5. The average molecular weight is 310 g/mol. The molecule has 0 saturated carbocycles. The first kappa shape index (κ1) is 15.5. The second kappa shape index (κ2) is 7.27. The van der Waals surface area contributed by atoms with Crippen LogP contribution in [0.25, 0.3) is 0 Å². The highest BCUT2D eigenvalue weighted by Crippen LogP contribution is 2.30. The monoisotopic (exact) mass is 310 g/mol. The van der Waals surface area contributed by atoms with Gasteiger partial charge in [0.15, 0.2) is 0 Å². The fraction of sp³-hybridized carbons (Fsp3) is 0.368. The summed E-state index contributed by atoms with van der Waals surface area (Å²) >= 11 is 0. The third kappa shape index (κ3) is 3.52. The van der Waals surface area contributed by atoms with E-state index in [2.05, 4.69) is 17.1 Å². The maximum absolute atomic E-state index is 5.54. The number of aliphatic imine (C=N–C) groups is 1. The molecule has 2 heterocycles. The molecule has 1 aliphatic heterocycles. The summed E-state index contributed by atoms with van der Waals surface area (Å²) in [7, 11) is 3.37. The summed E-state index contributed by atoms with van der Waals surface area (Å²) < 4.78 is 10.8. The van der Waals surface area contributed by atoms with Crippen molar-refractivity contribution in [3.05, 3.63) is 53.9 Å². The molecule has 4 heteroatoms. The molecule has 0 spiro atoms. The third-order valence-electron chi connectivity index (χ3n) is 4.30. The Hall–Kier alpha value is -2.36. The van der Waals surface area contributed by atoms with Crippen LogP contribution >= 0.6 is 0 Å². The highest BCUT2D eigenvalue weighted by molar-refractivity contribution is 6.02. The summed E-state index contributed by atoms with van der Waals surface area (Å²) in [6, 6.07) is 10.1. The lowest BCUT2D eigenvalue weighted by atomic mass is 9.85. The van der Waals surface area contributed by atoms with E-state index in [9.17, 15) is 0 Å². The van der Waals surface area contributed by atoms with Gasteiger partial charge >= 0.3 is 0 Å². The second-order valence-corrected chi connectivity index (χ2v) is 5.73. The Bertz CT molecular complexity index is 683. The molecule has 23 heavy (non-hydrogen) atoms. The zero-order valence-electron chi connectivity index (χ0n) is 13.7. The van der Waals surface area contributed by atoms with Crippen molar-refractivity contribution in [3.63, 3.8) is 0 Å². The first-order chi connectivity index (χ1) is 11.3. The van der Waals surface area contributed by atoms with Crippen LogP contribution in [-0.4, -0.2) is 31.5 Å². The van der Waals surface area contributed by atoms with Gasteiger partial charge in [0, 0.05) is 42.2 Å². The van der Waals surface area contributed by atoms with E-state index >= 15 is 0 Å². The van der Waals surface area contributed by atoms with E-state index in [1.807, 2.05) is 24.4 Å². The zero-order chi connectivity index (χ0) is 16.1. The lowest BCUT2D eigenvalue weighted by Crippen LogP contribution is -2.23. The summed E-state index contributed by atoms with van der Waals surface area (Å²) in [5, 5.41) is 0. The van der Waals surface area contributed by atoms with E-state index in [0.29, 0.717) is 5.92 Å². The van der Waals surface area contributed by atoms with Crippen LogP contribution in [0.1, 0.15) is 24.0 Å². The zero-order valence-corrected chi connectivity index (χ0v) is 13.7. The van der Waals surface area contributed by atoms with Crippen molar-refractivity contribution in [1.82, 2.24) is 4.98 Å². The smallest absolute Gasteiger partial charge is 0.125 e. The van der Waals surface area contributed by atoms with E-state index < -0.39 is 0 Å². The molecule has 1 atom stereocenters. The van der Waals surface area contributed by atoms with Crippen LogP contribution in [0.15, 0.2) is 47.7 Å². The van der Waals surface area contributed by atoms with Gasteiger partial charge < -0.3 is 9.47 Å². The number of nitrogens with zero attached hydrogens (tertiary/aromatic N) is 2. The molecule has 0 aliphatic carbocycles. The summed E-state index contributed by atoms with van der Waals surface area (Å²) in [6.07, 6.45) is 6.90. The van der Waals surface area contributed by atoms with Gasteiger partial charge in [-0.25, -0.2) is 0 Å². The van der Waals surface area contributed by atoms with E-state index in [-0.39, 0.29) is 0 Å². The van der Waals surface area contributed by atoms with E-state index in [1.54, 1.807) is 20.4 Å². The molecule has 1 aromatic heterocycles. The van der Waals surface area contributed by atoms with Gasteiger partial charge in [-0.3, -0.25) is 9.98 Å². The molecule has 0 bridgehead atoms. The highest BCUT2D eigenvalue weighted by Gasteiger charge is 2.22. The van der Waals surface area contributed by atoms with Crippen molar-refractivity contribution in [2.45, 2.75) is 19.3 Å². The Morgan fingerprint density at radius 3 is 2.83 bits per heavy atom. The Morgan fingerprint density at radius 1 is 1.17 bits per heavy atom. The number of pyridine rings is 1. The van der Waals surface area contributed by atoms with Gasteiger partial charge in [0.1, 0.15) is 11.5 Å². The van der Waals surface area contributed by atoms with Gasteiger partial charge in [0.25, 0.3) is 0 Å². The summed E-state index contributed by atoms with van der Waals surface area (Å²) in [5.41, 5.74) is 3.49. The van der Waals surface area contributed by atoms with Gasteiger partial charge in [0.05, 0.1) is 14.2 Å². The SMILES string of the molecule is COc1ccc(C[C@H]2CCCN=C2c2cccnc2)c(OC)c1. The van der Waals surface area contributed by atoms with E-state index in [4.69, 9.17) is 14.5 Å². The van der Waals surface area contributed by atoms with Crippen LogP contribution in [0.4, 0.5) is 0 Å². The second-order valence-electron chi connectivity index (χ2n) is 5.73. The molecule has 0 unspecified atom stereocenters. The molecule has 3 rings (SSSR count). The van der Waals surface area contributed by atoms with Crippen LogP contribution in [0.2, 0.25) is 0 Å². The average Bonchev–Trinajstić information content (AvgIpc) is 2.63. The Kier molecular flexibility index (Phi) is 4.91. The Morgan fingerprint density at radius 2 is 2.09 bits per heavy atom. The summed E-state index contributed by atoms with van der Waals surface area (Å²) in [4.78, 5) is 9.01. The molecular formula is C19H22N2O2. The van der Waals surface area contributed by atoms with Crippen LogP contribution < -0.4 is 9.47 Å². The minimum absolute atomic E-state index is 0.398. The Labute approximate surface area is 137 Å². The Balaban J connectivity index is 1.86. The van der Waals surface area contributed by atoms with Crippen LogP contribution in [0, 0.1) is 5.92 Å². The standard InChI is InChI=1S/C19H22N2O2/c1-22-17-8-7-14(18(12-17)23-2)11-15-5-4-10-21-19(15)16-6-3-9-20-13-16/h3,6-9,12-13,15H,4-5,10-11H2,1-2H3/t15-/m1/s1. The number of hydrogen-bond acceptors (Lipinski definition) is 4. The number of hydrogen-bond donors (Lipinski definition) is 0. The highest BCUT2D eigenvalue weighted by atomic mass is 16.5. The van der Waals surface area contributed by atoms with Crippen LogP contribution in [-0.2, 0) is 6.42 Å². The molecular weight excluding hydrogens is 288 g/mol. The third-order valence-corrected chi connectivity index (χ3v) is 4.30. The summed E-state index contributed by atoms with van der Waals surface area (Å²) in [5.74, 6) is 2.09. The quantitative estimate of drug-likeness (QED) is 0.848. The van der Waals surface area contributed by atoms with Crippen molar-refractivity contribution < 1.29 is 9.47 Å². The number of benzene rings is 1. The lowest BCUT2D eigenvalue weighted by Gasteiger charge is -2.24. The van der Waals surface area contributed by atoms with Crippen molar-refractivity contribution in [3.8, 4) is 11.5 Å².